The number of H-pyrrole nitrogens is 1. The number of pyridine rings is 1. The van der Waals surface area contributed by atoms with E-state index in [0.29, 0.717) is 12.0 Å². The van der Waals surface area contributed by atoms with Gasteiger partial charge in [-0.25, -0.2) is 14.6 Å². The van der Waals surface area contributed by atoms with Gasteiger partial charge in [-0.15, -0.1) is 5.10 Å². The third-order valence-corrected chi connectivity index (χ3v) is 8.33. The Morgan fingerprint density at radius 3 is 2.63 bits per heavy atom. The molecule has 11 heteroatoms. The number of primary amides is 1. The van der Waals surface area contributed by atoms with Crippen LogP contribution in [0.2, 0.25) is 0 Å². The molecule has 1 fully saturated rings. The molecule has 2 aliphatic rings. The lowest BCUT2D eigenvalue weighted by atomic mass is 9.82. The van der Waals surface area contributed by atoms with Gasteiger partial charge in [-0.05, 0) is 81.5 Å². The molecule has 0 radical (unpaired) electrons. The molecular weight excluding hydrogens is 542 g/mol. The largest absolute Gasteiger partial charge is 0.381 e. The summed E-state index contributed by atoms with van der Waals surface area (Å²) in [4.78, 5) is 23.5. The predicted molar refractivity (Wildman–Crippen MR) is 165 cm³/mol. The van der Waals surface area contributed by atoms with Gasteiger partial charge in [0.05, 0.1) is 35.1 Å². The van der Waals surface area contributed by atoms with Crippen LogP contribution < -0.4 is 5.73 Å². The van der Waals surface area contributed by atoms with Crippen LogP contribution in [0.1, 0.15) is 87.0 Å². The van der Waals surface area contributed by atoms with E-state index in [1.165, 1.54) is 36.0 Å². The molecule has 1 saturated heterocycles. The van der Waals surface area contributed by atoms with Crippen molar-refractivity contribution in [3.63, 3.8) is 0 Å². The van der Waals surface area contributed by atoms with Crippen molar-refractivity contribution < 1.29 is 9.53 Å². The third kappa shape index (κ3) is 6.08. The number of nitrogens with two attached hydrogens (primary N) is 1. The van der Waals surface area contributed by atoms with E-state index in [-0.39, 0.29) is 11.2 Å². The molecule has 4 aromatic heterocycles. The maximum absolute atomic E-state index is 10.6. The molecule has 0 saturated carbocycles. The molecule has 3 N–H and O–H groups in total. The average molecular weight is 582 g/mol. The third-order valence-electron chi connectivity index (χ3n) is 8.33. The van der Waals surface area contributed by atoms with E-state index in [2.05, 4.69) is 67.4 Å². The number of imidazole rings is 1. The van der Waals surface area contributed by atoms with Crippen molar-refractivity contribution in [2.24, 2.45) is 5.73 Å². The Hall–Kier alpha value is -4.38. The Balaban J connectivity index is 0.000000232. The topological polar surface area (TPSA) is 142 Å². The highest BCUT2D eigenvalue weighted by Crippen LogP contribution is 2.36. The molecule has 1 aliphatic carbocycles. The van der Waals surface area contributed by atoms with Crippen molar-refractivity contribution in [2.75, 3.05) is 13.2 Å². The van der Waals surface area contributed by atoms with Crippen molar-refractivity contribution in [3.8, 4) is 22.5 Å². The van der Waals surface area contributed by atoms with Gasteiger partial charge in [0, 0.05) is 31.2 Å². The summed E-state index contributed by atoms with van der Waals surface area (Å²) in [6, 6.07) is 9.42. The molecule has 0 unspecified atom stereocenters. The molecule has 5 aromatic rings. The number of aromatic nitrogens is 8. The number of fused-ring (bicyclic) bond motifs is 2. The zero-order chi connectivity index (χ0) is 30.1. The van der Waals surface area contributed by atoms with Crippen LogP contribution >= 0.6 is 0 Å². The summed E-state index contributed by atoms with van der Waals surface area (Å²) >= 11 is 0. The molecule has 43 heavy (non-hydrogen) atoms. The molecule has 1 atom stereocenters. The molecular formula is C32H39N9O2. The summed E-state index contributed by atoms with van der Waals surface area (Å²) < 4.78 is 9.14. The summed E-state index contributed by atoms with van der Waals surface area (Å²) in [5, 5.41) is 12.0. The van der Waals surface area contributed by atoms with Crippen LogP contribution in [0.4, 0.5) is 0 Å². The lowest BCUT2D eigenvalue weighted by molar-refractivity contribution is 0.0662. The van der Waals surface area contributed by atoms with E-state index >= 15 is 0 Å². The van der Waals surface area contributed by atoms with E-state index < -0.39 is 5.91 Å². The number of carbonyl (C=O) groups excluding carboxylic acids is 1. The van der Waals surface area contributed by atoms with Gasteiger partial charge < -0.3 is 15.5 Å². The maximum Gasteiger partial charge on any atom is 0.270 e. The van der Waals surface area contributed by atoms with Gasteiger partial charge in [-0.1, -0.05) is 30.3 Å². The molecule has 11 nitrogen and oxygen atoms in total. The molecule has 7 rings (SSSR count). The number of aromatic amines is 1. The number of nitrogens with zero attached hydrogens (tertiary/aromatic N) is 7. The number of rotatable bonds is 4. The number of amides is 1. The second-order valence-corrected chi connectivity index (χ2v) is 12.5. The first kappa shape index (κ1) is 28.7. The number of aryl methyl sites for hydroxylation is 1. The zero-order valence-electron chi connectivity index (χ0n) is 25.2. The molecule has 1 aliphatic heterocycles. The van der Waals surface area contributed by atoms with Crippen LogP contribution in [0.5, 0.6) is 0 Å². The quantitative estimate of drug-likeness (QED) is 0.289. The normalized spacial score (nSPS) is 17.3. The van der Waals surface area contributed by atoms with Gasteiger partial charge in [0.1, 0.15) is 5.82 Å². The minimum atomic E-state index is -0.550. The number of hydrogen-bond donors (Lipinski definition) is 2. The van der Waals surface area contributed by atoms with Gasteiger partial charge in [0.2, 0.25) is 0 Å². The Morgan fingerprint density at radius 2 is 1.91 bits per heavy atom. The minimum Gasteiger partial charge on any atom is -0.381 e. The Labute approximate surface area is 250 Å². The minimum absolute atomic E-state index is 0.166. The fraction of sp³-hybridized carbons (Fsp3) is 0.438. The van der Waals surface area contributed by atoms with E-state index in [1.54, 1.807) is 10.9 Å². The first-order valence-electron chi connectivity index (χ1n) is 15.0. The van der Waals surface area contributed by atoms with Gasteiger partial charge >= 0.3 is 0 Å². The van der Waals surface area contributed by atoms with Crippen LogP contribution in [-0.2, 0) is 16.7 Å². The lowest BCUT2D eigenvalue weighted by Gasteiger charge is -2.23. The SMILES string of the molecule is CC(C)(C)n1cc(C(N)=O)nn1.C[C@@H]1CCCc2cc(-c3ccnc4nc(-c5cnn(C6CCOCC6)c5)[nH]c34)ccc21. The monoisotopic (exact) mass is 581 g/mol. The lowest BCUT2D eigenvalue weighted by Crippen LogP contribution is -2.22. The highest BCUT2D eigenvalue weighted by molar-refractivity contribution is 5.91. The average Bonchev–Trinajstić information content (AvgIpc) is 3.77. The second-order valence-electron chi connectivity index (χ2n) is 12.5. The van der Waals surface area contributed by atoms with Crippen LogP contribution in [0, 0.1) is 0 Å². The van der Waals surface area contributed by atoms with Crippen LogP contribution in [0.15, 0.2) is 49.1 Å². The van der Waals surface area contributed by atoms with Gasteiger partial charge in [0.15, 0.2) is 11.3 Å². The van der Waals surface area contributed by atoms with Crippen LogP contribution in [0.25, 0.3) is 33.7 Å². The number of carbonyl (C=O) groups is 1. The van der Waals surface area contributed by atoms with Crippen molar-refractivity contribution in [3.05, 3.63) is 65.9 Å². The summed E-state index contributed by atoms with van der Waals surface area (Å²) in [6.45, 7) is 9.84. The second kappa shape index (κ2) is 11.7. The van der Waals surface area contributed by atoms with Crippen molar-refractivity contribution in [1.29, 1.82) is 0 Å². The van der Waals surface area contributed by atoms with Gasteiger partial charge in [-0.2, -0.15) is 5.10 Å². The van der Waals surface area contributed by atoms with Gasteiger partial charge in [0.25, 0.3) is 5.91 Å². The fourth-order valence-electron chi connectivity index (χ4n) is 5.83. The van der Waals surface area contributed by atoms with E-state index in [0.717, 1.165) is 54.2 Å². The van der Waals surface area contributed by atoms with E-state index in [9.17, 15) is 4.79 Å². The molecule has 0 bridgehead atoms. The Kier molecular flexibility index (Phi) is 7.83. The standard InChI is InChI=1S/C25H27N5O.C7H12N4O/c1-16-3-2-4-17-13-18(5-6-21(16)17)22-7-10-26-25-23(22)28-24(29-25)19-14-27-30(15-19)20-8-11-31-12-9-20;1-7(2,3)11-4-5(6(8)12)9-10-11/h5-7,10,13-16,20H,2-4,8-9,11-12H2,1H3,(H,26,28,29);4H,1-3H3,(H2,8,12)/t16-;/m1./s1. The predicted octanol–water partition coefficient (Wildman–Crippen LogP) is 5.41. The van der Waals surface area contributed by atoms with E-state index in [1.807, 2.05) is 33.2 Å². The molecule has 1 amide bonds. The number of benzene rings is 1. The summed E-state index contributed by atoms with van der Waals surface area (Å²) in [6.07, 6.45) is 13.1. The number of ether oxygens (including phenoxy) is 1. The molecule has 1 aromatic carbocycles. The maximum atomic E-state index is 10.6. The van der Waals surface area contributed by atoms with Crippen molar-refractivity contribution in [2.45, 2.75) is 77.3 Å². The number of nitrogens with one attached hydrogen (secondary N) is 1. The first-order valence-corrected chi connectivity index (χ1v) is 15.0. The Bertz CT molecular complexity index is 1740. The zero-order valence-corrected chi connectivity index (χ0v) is 25.2. The summed E-state index contributed by atoms with van der Waals surface area (Å²) in [5.41, 5.74) is 13.2. The molecule has 0 spiro atoms. The smallest absolute Gasteiger partial charge is 0.270 e. The molecule has 5 heterocycles. The highest BCUT2D eigenvalue weighted by Gasteiger charge is 2.20. The first-order chi connectivity index (χ1) is 20.7. The van der Waals surface area contributed by atoms with Crippen molar-refractivity contribution >= 4 is 17.1 Å². The Morgan fingerprint density at radius 1 is 1.09 bits per heavy atom. The van der Waals surface area contributed by atoms with Crippen LogP contribution in [-0.4, -0.2) is 58.8 Å². The summed E-state index contributed by atoms with van der Waals surface area (Å²) in [5.74, 6) is 0.923. The number of hydrogen-bond acceptors (Lipinski definition) is 7. The van der Waals surface area contributed by atoms with Gasteiger partial charge in [-0.3, -0.25) is 9.48 Å². The fourth-order valence-corrected chi connectivity index (χ4v) is 5.83. The van der Waals surface area contributed by atoms with E-state index in [4.69, 9.17) is 15.5 Å². The summed E-state index contributed by atoms with van der Waals surface area (Å²) in [7, 11) is 0. The van der Waals surface area contributed by atoms with Crippen molar-refractivity contribution in [1.82, 2.24) is 39.7 Å². The molecule has 224 valence electrons. The van der Waals surface area contributed by atoms with Crippen LogP contribution in [0.3, 0.4) is 0 Å². The highest BCUT2D eigenvalue weighted by atomic mass is 16.5.